The Bertz CT molecular complexity index is 886. The number of nitrogens with two attached hydrogens (primary N) is 1. The van der Waals surface area contributed by atoms with E-state index in [1.165, 1.54) is 13.3 Å². The van der Waals surface area contributed by atoms with Gasteiger partial charge >= 0.3 is 12.3 Å². The third-order valence-electron chi connectivity index (χ3n) is 6.23. The van der Waals surface area contributed by atoms with Crippen LogP contribution in [0.15, 0.2) is 18.3 Å². The van der Waals surface area contributed by atoms with Crippen molar-refractivity contribution in [2.45, 2.75) is 83.3 Å². The van der Waals surface area contributed by atoms with Gasteiger partial charge in [0.25, 0.3) is 5.91 Å². The van der Waals surface area contributed by atoms with E-state index in [1.807, 2.05) is 20.8 Å². The third kappa shape index (κ3) is 10.4. The summed E-state index contributed by atoms with van der Waals surface area (Å²) >= 11 is 0. The molecule has 5 N–H and O–H groups in total. The fourth-order valence-corrected chi connectivity index (χ4v) is 4.16. The number of ether oxygens (including phenoxy) is 2. The molecule has 3 atom stereocenters. The molecular weight excluding hydrogens is 491 g/mol. The van der Waals surface area contributed by atoms with Crippen molar-refractivity contribution in [3.05, 3.63) is 23.9 Å². The number of aromatic nitrogens is 1. The number of anilines is 1. The number of rotatable bonds is 10. The lowest BCUT2D eigenvalue weighted by Crippen LogP contribution is -2.47. The molecule has 0 aliphatic heterocycles. The van der Waals surface area contributed by atoms with Crippen LogP contribution in [0.4, 0.5) is 23.8 Å². The van der Waals surface area contributed by atoms with E-state index in [1.54, 1.807) is 12.1 Å². The van der Waals surface area contributed by atoms with Crippen molar-refractivity contribution in [1.82, 2.24) is 15.6 Å². The molecule has 0 aromatic carbocycles. The second-order valence-corrected chi connectivity index (χ2v) is 10.7. The zero-order valence-electron chi connectivity index (χ0n) is 22.2. The fourth-order valence-electron chi connectivity index (χ4n) is 4.16. The molecule has 9 nitrogen and oxygen atoms in total. The first kappa shape index (κ1) is 30.8. The molecule has 1 aliphatic carbocycles. The lowest BCUT2D eigenvalue weighted by molar-refractivity contribution is -0.147. The van der Waals surface area contributed by atoms with E-state index in [0.717, 1.165) is 25.7 Å². The first-order chi connectivity index (χ1) is 17.2. The van der Waals surface area contributed by atoms with E-state index < -0.39 is 48.4 Å². The number of nitrogens with one attached hydrogen (secondary N) is 3. The number of carbonyl (C=O) groups excluding carboxylic acids is 2. The van der Waals surface area contributed by atoms with Crippen LogP contribution in [0.2, 0.25) is 0 Å². The molecule has 12 heteroatoms. The summed E-state index contributed by atoms with van der Waals surface area (Å²) in [5, 5.41) is 8.20. The molecule has 1 aromatic heterocycles. The van der Waals surface area contributed by atoms with Crippen LogP contribution >= 0.6 is 0 Å². The number of pyridine rings is 1. The van der Waals surface area contributed by atoms with E-state index >= 15 is 0 Å². The van der Waals surface area contributed by atoms with Gasteiger partial charge in [-0.05, 0) is 57.2 Å². The molecular formula is C25H40F3N5O4. The summed E-state index contributed by atoms with van der Waals surface area (Å²) in [7, 11) is 1.43. The minimum absolute atomic E-state index is 0.0704. The van der Waals surface area contributed by atoms with Gasteiger partial charge in [0.15, 0.2) is 6.10 Å². The van der Waals surface area contributed by atoms with Gasteiger partial charge in [-0.2, -0.15) is 13.2 Å². The highest BCUT2D eigenvalue weighted by molar-refractivity contribution is 5.94. The van der Waals surface area contributed by atoms with Gasteiger partial charge in [0.2, 0.25) is 0 Å². The van der Waals surface area contributed by atoms with Crippen LogP contribution in [0, 0.1) is 11.8 Å². The molecule has 2 unspecified atom stereocenters. The van der Waals surface area contributed by atoms with Gasteiger partial charge < -0.3 is 31.2 Å². The Balaban J connectivity index is 2.17. The van der Waals surface area contributed by atoms with E-state index in [9.17, 15) is 22.8 Å². The third-order valence-corrected chi connectivity index (χ3v) is 6.23. The standard InChI is InChI=1S/C25H40F3N5O4/c1-15-6-8-16(9-7-15)21(37-23(35)33-24(2,3)4)22(34)32-20-12-17(10-11-30-20)18(14-36-5)31-13-19(29)25(26,27)28/h10-12,15-16,18-19,21,31H,6-9,13-14,29H2,1-5H3,(H,33,35)(H,30,32,34)/t15?,16?,18?,19-,21?/m0/s1. The Labute approximate surface area is 216 Å². The zero-order chi connectivity index (χ0) is 27.8. The highest BCUT2D eigenvalue weighted by Crippen LogP contribution is 2.32. The largest absolute Gasteiger partial charge is 0.436 e. The second kappa shape index (κ2) is 13.4. The summed E-state index contributed by atoms with van der Waals surface area (Å²) in [6.07, 6.45) is -1.45. The van der Waals surface area contributed by atoms with Gasteiger partial charge in [0.1, 0.15) is 11.9 Å². The van der Waals surface area contributed by atoms with Gasteiger partial charge in [0, 0.05) is 31.3 Å². The Morgan fingerprint density at radius 2 is 1.84 bits per heavy atom. The highest BCUT2D eigenvalue weighted by Gasteiger charge is 2.37. The quantitative estimate of drug-likeness (QED) is 0.361. The Kier molecular flexibility index (Phi) is 11.1. The van der Waals surface area contributed by atoms with Crippen molar-refractivity contribution in [3.63, 3.8) is 0 Å². The number of amides is 2. The number of nitrogens with zero attached hydrogens (tertiary/aromatic N) is 1. The molecule has 210 valence electrons. The molecule has 1 heterocycles. The molecule has 1 fully saturated rings. The Morgan fingerprint density at radius 3 is 2.41 bits per heavy atom. The number of hydrogen-bond acceptors (Lipinski definition) is 7. The molecule has 0 spiro atoms. The number of alkyl carbamates (subject to hydrolysis) is 1. The first-order valence-electron chi connectivity index (χ1n) is 12.5. The lowest BCUT2D eigenvalue weighted by Gasteiger charge is -2.32. The van der Waals surface area contributed by atoms with Gasteiger partial charge in [-0.3, -0.25) is 4.79 Å². The van der Waals surface area contributed by atoms with Crippen molar-refractivity contribution in [2.24, 2.45) is 17.6 Å². The average molecular weight is 532 g/mol. The minimum Gasteiger partial charge on any atom is -0.436 e. The van der Waals surface area contributed by atoms with Crippen molar-refractivity contribution >= 4 is 17.8 Å². The first-order valence-corrected chi connectivity index (χ1v) is 12.5. The molecule has 2 amide bonds. The fraction of sp³-hybridized carbons (Fsp3) is 0.720. The van der Waals surface area contributed by atoms with Crippen LogP contribution in [0.3, 0.4) is 0 Å². The normalized spacial score (nSPS) is 21.0. The highest BCUT2D eigenvalue weighted by atomic mass is 19.4. The number of methoxy groups -OCH3 is 1. The molecule has 2 rings (SSSR count). The van der Waals surface area contributed by atoms with E-state index in [4.69, 9.17) is 15.2 Å². The summed E-state index contributed by atoms with van der Waals surface area (Å²) in [4.78, 5) is 30.0. The predicted molar refractivity (Wildman–Crippen MR) is 134 cm³/mol. The topological polar surface area (TPSA) is 128 Å². The average Bonchev–Trinajstić information content (AvgIpc) is 2.79. The SMILES string of the molecule is COCC(NC[C@H](N)C(F)(F)F)c1ccnc(NC(=O)C(OC(=O)NC(C)(C)C)C2CCC(C)CC2)c1. The summed E-state index contributed by atoms with van der Waals surface area (Å²) < 4.78 is 49.3. The van der Waals surface area contributed by atoms with Gasteiger partial charge in [-0.15, -0.1) is 0 Å². The molecule has 0 radical (unpaired) electrons. The van der Waals surface area contributed by atoms with Gasteiger partial charge in [-0.25, -0.2) is 9.78 Å². The summed E-state index contributed by atoms with van der Waals surface area (Å²) in [5.41, 5.74) is 5.23. The van der Waals surface area contributed by atoms with Crippen LogP contribution in [-0.4, -0.2) is 61.1 Å². The van der Waals surface area contributed by atoms with E-state index in [2.05, 4.69) is 27.9 Å². The van der Waals surface area contributed by atoms with E-state index in [0.29, 0.717) is 11.5 Å². The number of carbonyl (C=O) groups is 2. The molecule has 1 aromatic rings. The molecule has 0 saturated heterocycles. The number of alkyl halides is 3. The van der Waals surface area contributed by atoms with Crippen molar-refractivity contribution in [1.29, 1.82) is 0 Å². The van der Waals surface area contributed by atoms with Crippen LogP contribution in [0.25, 0.3) is 0 Å². The van der Waals surface area contributed by atoms with Crippen molar-refractivity contribution < 1.29 is 32.2 Å². The maximum Gasteiger partial charge on any atom is 0.408 e. The van der Waals surface area contributed by atoms with Gasteiger partial charge in [-0.1, -0.05) is 19.8 Å². The maximum absolute atomic E-state index is 13.3. The van der Waals surface area contributed by atoms with Crippen LogP contribution in [0.1, 0.15) is 65.0 Å². The van der Waals surface area contributed by atoms with E-state index in [-0.39, 0.29) is 18.3 Å². The van der Waals surface area contributed by atoms with Crippen LogP contribution < -0.4 is 21.7 Å². The summed E-state index contributed by atoms with van der Waals surface area (Å²) in [6, 6.07) is 0.492. The van der Waals surface area contributed by atoms with Crippen molar-refractivity contribution in [2.75, 3.05) is 25.6 Å². The number of hydrogen-bond donors (Lipinski definition) is 4. The Hall–Kier alpha value is -2.44. The predicted octanol–water partition coefficient (Wildman–Crippen LogP) is 3.91. The Morgan fingerprint density at radius 1 is 1.19 bits per heavy atom. The lowest BCUT2D eigenvalue weighted by atomic mass is 9.80. The zero-order valence-corrected chi connectivity index (χ0v) is 22.2. The summed E-state index contributed by atoms with van der Waals surface area (Å²) in [5.74, 6) is 0.0670. The van der Waals surface area contributed by atoms with Crippen LogP contribution in [0.5, 0.6) is 0 Å². The minimum atomic E-state index is -4.53. The van der Waals surface area contributed by atoms with Crippen LogP contribution in [-0.2, 0) is 14.3 Å². The van der Waals surface area contributed by atoms with Crippen molar-refractivity contribution in [3.8, 4) is 0 Å². The monoisotopic (exact) mass is 531 g/mol. The molecule has 0 bridgehead atoms. The van der Waals surface area contributed by atoms with Gasteiger partial charge in [0.05, 0.1) is 12.6 Å². The molecule has 1 saturated carbocycles. The molecule has 37 heavy (non-hydrogen) atoms. The molecule has 1 aliphatic rings. The summed E-state index contributed by atoms with van der Waals surface area (Å²) in [6.45, 7) is 7.15. The second-order valence-electron chi connectivity index (χ2n) is 10.7. The number of halogens is 3. The smallest absolute Gasteiger partial charge is 0.408 e. The maximum atomic E-state index is 13.3.